The third-order valence-corrected chi connectivity index (χ3v) is 17.5. The molecule has 46 heavy (non-hydrogen) atoms. The molecule has 0 radical (unpaired) electrons. The van der Waals surface area contributed by atoms with Gasteiger partial charge in [0, 0.05) is 0 Å². The van der Waals surface area contributed by atoms with Crippen LogP contribution in [-0.4, -0.2) is 11.3 Å². The van der Waals surface area contributed by atoms with E-state index in [9.17, 15) is 5.72 Å². The zero-order chi connectivity index (χ0) is 31.2. The Bertz CT molecular complexity index is 2370. The first-order chi connectivity index (χ1) is 22.4. The van der Waals surface area contributed by atoms with Gasteiger partial charge in [0.15, 0.2) is 0 Å². The Kier molecular flexibility index (Phi) is 6.38. The van der Waals surface area contributed by atoms with Crippen LogP contribution in [0.5, 0.6) is 0 Å². The van der Waals surface area contributed by atoms with Crippen LogP contribution < -0.4 is 16.4 Å². The molecule has 0 fully saturated rings. The normalized spacial score (nSPS) is 15.0. The van der Waals surface area contributed by atoms with Gasteiger partial charge in [-0.3, -0.25) is 0 Å². The third-order valence-electron chi connectivity index (χ3n) is 9.59. The van der Waals surface area contributed by atoms with E-state index in [0.29, 0.717) is 16.3 Å². The van der Waals surface area contributed by atoms with Gasteiger partial charge in [-0.1, -0.05) is 0 Å². The number of nitrogens with zero attached hydrogens (tertiary/aromatic N) is 2. The summed E-state index contributed by atoms with van der Waals surface area (Å²) in [6.07, 6.45) is 0. The zero-order valence-electron chi connectivity index (χ0n) is 24.0. The van der Waals surface area contributed by atoms with Crippen molar-refractivity contribution >= 4 is 85.6 Å². The number of fused-ring (bicyclic) bond motifs is 7. The van der Waals surface area contributed by atoms with Crippen molar-refractivity contribution < 1.29 is 11.4 Å². The second kappa shape index (κ2) is 10.3. The molecule has 9 rings (SSSR count). The van der Waals surface area contributed by atoms with Crippen LogP contribution in [0.2, 0.25) is 0 Å². The van der Waals surface area contributed by atoms with Crippen LogP contribution in [0.3, 0.4) is 0 Å². The number of hydrogen-bond acceptors (Lipinski definition) is 1. The van der Waals surface area contributed by atoms with Crippen molar-refractivity contribution in [2.45, 2.75) is 5.41 Å². The molecule has 0 spiro atoms. The van der Waals surface area contributed by atoms with Crippen LogP contribution in [0.25, 0.3) is 27.5 Å². The molecule has 0 aliphatic carbocycles. The minimum atomic E-state index is -6.32. The van der Waals surface area contributed by atoms with Crippen LogP contribution in [0.4, 0.5) is 11.4 Å². The second-order valence-corrected chi connectivity index (χ2v) is 19.0. The fourth-order valence-corrected chi connectivity index (χ4v) is 14.1. The van der Waals surface area contributed by atoms with Gasteiger partial charge < -0.3 is 0 Å². The molecule has 3 heterocycles. The van der Waals surface area contributed by atoms with Crippen molar-refractivity contribution in [2.24, 2.45) is 1.36 Å². The van der Waals surface area contributed by atoms with Gasteiger partial charge >= 0.3 is 279 Å². The Hall–Kier alpha value is -3.84. The predicted molar refractivity (Wildman–Crippen MR) is 197 cm³/mol. The first kappa shape index (κ1) is 28.4. The molecule has 2 nitrogen and oxygen atoms in total. The molecule has 0 amide bonds. The molecule has 2 aliphatic heterocycles. The summed E-state index contributed by atoms with van der Waals surface area (Å²) in [6.45, 7) is -0.251. The van der Waals surface area contributed by atoms with Gasteiger partial charge in [0.2, 0.25) is 0 Å². The molecular weight excluding hydrogens is 813 g/mol. The van der Waals surface area contributed by atoms with Gasteiger partial charge in [0.25, 0.3) is 0 Å². The van der Waals surface area contributed by atoms with Crippen molar-refractivity contribution in [3.05, 3.63) is 165 Å². The van der Waals surface area contributed by atoms with E-state index >= 15 is 5.72 Å². The molecular formula is C37H23BF4I2N2. The summed E-state index contributed by atoms with van der Waals surface area (Å²) < 4.78 is 63.3. The van der Waals surface area contributed by atoms with Crippen molar-refractivity contribution in [2.75, 3.05) is 0 Å². The summed E-state index contributed by atoms with van der Waals surface area (Å²) in [5, 5.41) is 0.986. The van der Waals surface area contributed by atoms with Gasteiger partial charge in [-0.05, 0) is 0 Å². The molecule has 1 aromatic heterocycles. The number of benzene rings is 6. The van der Waals surface area contributed by atoms with Crippen LogP contribution in [-0.2, 0) is 5.41 Å². The molecule has 0 atom stereocenters. The number of halogens is 6. The van der Waals surface area contributed by atoms with Crippen molar-refractivity contribution in [3.63, 3.8) is 0 Å². The van der Waals surface area contributed by atoms with E-state index in [-0.39, 0.29) is 10.3 Å². The van der Waals surface area contributed by atoms with Crippen molar-refractivity contribution in [3.8, 4) is 5.69 Å². The van der Waals surface area contributed by atoms with Crippen LogP contribution in [0, 0.1) is 3.57 Å². The Morgan fingerprint density at radius 1 is 0.630 bits per heavy atom. The number of hydrogen-bond donors (Lipinski definition) is 0. The van der Waals surface area contributed by atoms with Crippen LogP contribution >= 0.6 is 40.6 Å². The standard InChI is InChI=1S/C37H23BF4I2N2/c39-43(40)45-44(41,42)31-23-22-30-36-34(31)26-16-7-10-20-32(26)46(36)33-21-11-18-28-35(33)38(30)29-19-9-8-17-27(29)37(28,24-12-3-1-4-13-24)25-14-5-2-6-15-25/h1-23H. The molecule has 226 valence electrons. The first-order valence-corrected chi connectivity index (χ1v) is 21.0. The van der Waals surface area contributed by atoms with E-state index in [4.69, 9.17) is 0 Å². The van der Waals surface area contributed by atoms with Gasteiger partial charge in [-0.2, -0.15) is 0 Å². The Morgan fingerprint density at radius 2 is 1.26 bits per heavy atom. The number of aromatic nitrogens is 1. The molecule has 7 aromatic rings. The average Bonchev–Trinajstić information content (AvgIpc) is 3.42. The summed E-state index contributed by atoms with van der Waals surface area (Å²) in [6, 6.07) is 46.5. The molecule has 2 aliphatic rings. The molecule has 0 unspecified atom stereocenters. The molecule has 0 bridgehead atoms. The van der Waals surface area contributed by atoms with Gasteiger partial charge in [0.05, 0.1) is 0 Å². The van der Waals surface area contributed by atoms with E-state index in [0.717, 1.165) is 49.8 Å². The second-order valence-electron chi connectivity index (χ2n) is 11.6. The van der Waals surface area contributed by atoms with Gasteiger partial charge in [-0.15, -0.1) is 0 Å². The summed E-state index contributed by atoms with van der Waals surface area (Å²) in [4.78, 5) is 0. The molecule has 0 saturated carbocycles. The number of para-hydroxylation sites is 1. The van der Waals surface area contributed by atoms with Crippen LogP contribution in [0.15, 0.2) is 141 Å². The monoisotopic (exact) mass is 836 g/mol. The minimum absolute atomic E-state index is 0.251. The quantitative estimate of drug-likeness (QED) is 0.0956. The molecule has 0 saturated heterocycles. The zero-order valence-corrected chi connectivity index (χ0v) is 28.3. The maximum absolute atomic E-state index is 15.8. The SMILES string of the molecule is FI(F)N=I(F)(F)c1ccc2c3c1c1ccccc1n3-c1cccc3c1B2c1ccccc1C3(c1ccccc1)c1ccccc1. The molecule has 6 aromatic carbocycles. The fourth-order valence-electron chi connectivity index (χ4n) is 8.11. The number of rotatable bonds is 4. The van der Waals surface area contributed by atoms with Crippen molar-refractivity contribution in [1.82, 2.24) is 4.57 Å². The average molecular weight is 836 g/mol. The summed E-state index contributed by atoms with van der Waals surface area (Å²) in [5.74, 6) is 0. The maximum atomic E-state index is 15.8. The van der Waals surface area contributed by atoms with Gasteiger partial charge in [-0.25, -0.2) is 0 Å². The molecule has 0 N–H and O–H groups in total. The van der Waals surface area contributed by atoms with Gasteiger partial charge in [0.1, 0.15) is 0 Å². The fraction of sp³-hybridized carbons (Fsp3) is 0.0270. The topological polar surface area (TPSA) is 17.3 Å². The third kappa shape index (κ3) is 3.75. The van der Waals surface area contributed by atoms with E-state index in [2.05, 4.69) is 90.9 Å². The van der Waals surface area contributed by atoms with Crippen molar-refractivity contribution in [1.29, 1.82) is 0 Å². The Morgan fingerprint density at radius 3 is 1.98 bits per heavy atom. The van der Waals surface area contributed by atoms with E-state index in [1.165, 1.54) is 6.07 Å². The Labute approximate surface area is 277 Å². The Balaban J connectivity index is 1.50. The van der Waals surface area contributed by atoms with E-state index in [1.54, 1.807) is 6.07 Å². The predicted octanol–water partition coefficient (Wildman–Crippen LogP) is 9.66. The van der Waals surface area contributed by atoms with Crippen LogP contribution in [0.1, 0.15) is 22.3 Å². The van der Waals surface area contributed by atoms with E-state index in [1.807, 2.05) is 42.5 Å². The molecule has 9 heteroatoms. The summed E-state index contributed by atoms with van der Waals surface area (Å²) in [5.41, 5.74) is 9.34. The first-order valence-electron chi connectivity index (χ1n) is 14.8. The van der Waals surface area contributed by atoms with E-state index < -0.39 is 46.1 Å². The summed E-state index contributed by atoms with van der Waals surface area (Å²) in [7, 11) is 0. The summed E-state index contributed by atoms with van der Waals surface area (Å²) >= 11 is -11.4.